The fourth-order valence-electron chi connectivity index (χ4n) is 3.73. The molecule has 1 atom stereocenters. The van der Waals surface area contributed by atoms with Gasteiger partial charge in [0, 0.05) is 50.1 Å². The molecule has 9 nitrogen and oxygen atoms in total. The lowest BCUT2D eigenvalue weighted by atomic mass is 10.1. The number of amides is 3. The minimum absolute atomic E-state index is 0.0404. The van der Waals surface area contributed by atoms with Gasteiger partial charge in [-0.25, -0.2) is 0 Å². The Labute approximate surface area is 189 Å². The molecule has 1 aliphatic rings. The van der Waals surface area contributed by atoms with Gasteiger partial charge in [0.2, 0.25) is 5.91 Å². The van der Waals surface area contributed by atoms with E-state index in [1.165, 1.54) is 18.4 Å². The first kappa shape index (κ1) is 22.0. The van der Waals surface area contributed by atoms with Gasteiger partial charge in [-0.2, -0.15) is 5.10 Å². The van der Waals surface area contributed by atoms with E-state index in [9.17, 15) is 14.4 Å². The number of aromatic amines is 1. The fraction of sp³-hybridized carbons (Fsp3) is 0.364. The summed E-state index contributed by atoms with van der Waals surface area (Å²) in [5, 5.41) is 10.4. The third kappa shape index (κ3) is 4.37. The number of fused-ring (bicyclic) bond motifs is 2. The molecule has 0 spiro atoms. The van der Waals surface area contributed by atoms with Crippen LogP contribution in [0, 0.1) is 0 Å². The number of thiophene rings is 1. The second-order valence-electron chi connectivity index (χ2n) is 7.92. The molecular weight excluding hydrogens is 430 g/mol. The second-order valence-corrected chi connectivity index (χ2v) is 9.06. The number of carbonyl (C=O) groups is 3. The molecule has 32 heavy (non-hydrogen) atoms. The summed E-state index contributed by atoms with van der Waals surface area (Å²) in [6.07, 6.45) is 2.32. The SMILES string of the molecule is COC[C@@H](NC(=O)c1ccc2[nH]ncc2c1)C(=O)N1CCc2sc(C(=O)N(C)C)cc2C1. The van der Waals surface area contributed by atoms with Crippen LogP contribution in [0.2, 0.25) is 0 Å². The molecule has 3 aromatic rings. The number of nitrogens with one attached hydrogen (secondary N) is 2. The minimum atomic E-state index is -0.810. The highest BCUT2D eigenvalue weighted by atomic mass is 32.1. The van der Waals surface area contributed by atoms with Crippen molar-refractivity contribution in [2.75, 3.05) is 34.4 Å². The van der Waals surface area contributed by atoms with Crippen LogP contribution in [0.4, 0.5) is 0 Å². The first-order chi connectivity index (χ1) is 15.4. The molecule has 10 heteroatoms. The van der Waals surface area contributed by atoms with Gasteiger partial charge in [0.1, 0.15) is 6.04 Å². The number of aromatic nitrogens is 2. The minimum Gasteiger partial charge on any atom is -0.382 e. The molecule has 1 aromatic carbocycles. The summed E-state index contributed by atoms with van der Waals surface area (Å²) >= 11 is 1.48. The van der Waals surface area contributed by atoms with Gasteiger partial charge >= 0.3 is 0 Å². The number of carbonyl (C=O) groups excluding carboxylic acids is 3. The molecule has 0 saturated heterocycles. The lowest BCUT2D eigenvalue weighted by molar-refractivity contribution is -0.135. The summed E-state index contributed by atoms with van der Waals surface area (Å²) in [6, 6.07) is 6.25. The largest absolute Gasteiger partial charge is 0.382 e. The van der Waals surface area contributed by atoms with Crippen LogP contribution < -0.4 is 5.32 Å². The van der Waals surface area contributed by atoms with Crippen molar-refractivity contribution in [1.29, 1.82) is 0 Å². The van der Waals surface area contributed by atoms with Crippen molar-refractivity contribution < 1.29 is 19.1 Å². The zero-order valence-corrected chi connectivity index (χ0v) is 19.0. The maximum atomic E-state index is 13.2. The number of hydrogen-bond donors (Lipinski definition) is 2. The number of H-pyrrole nitrogens is 1. The zero-order chi connectivity index (χ0) is 22.8. The monoisotopic (exact) mass is 455 g/mol. The molecule has 2 N–H and O–H groups in total. The third-order valence-electron chi connectivity index (χ3n) is 5.43. The Morgan fingerprint density at radius 1 is 1.31 bits per heavy atom. The maximum Gasteiger partial charge on any atom is 0.263 e. The van der Waals surface area contributed by atoms with Crippen LogP contribution in [0.5, 0.6) is 0 Å². The summed E-state index contributed by atoms with van der Waals surface area (Å²) in [4.78, 5) is 43.4. The Morgan fingerprint density at radius 2 is 2.12 bits per heavy atom. The molecule has 3 amide bonds. The van der Waals surface area contributed by atoms with Gasteiger partial charge in [0.05, 0.1) is 23.2 Å². The zero-order valence-electron chi connectivity index (χ0n) is 18.2. The highest BCUT2D eigenvalue weighted by molar-refractivity contribution is 7.14. The number of rotatable bonds is 6. The topological polar surface area (TPSA) is 108 Å². The summed E-state index contributed by atoms with van der Waals surface area (Å²) < 4.78 is 5.22. The van der Waals surface area contributed by atoms with Gasteiger partial charge < -0.3 is 19.9 Å². The van der Waals surface area contributed by atoms with Crippen molar-refractivity contribution in [2.45, 2.75) is 19.0 Å². The van der Waals surface area contributed by atoms with Crippen molar-refractivity contribution in [3.8, 4) is 0 Å². The molecule has 4 rings (SSSR count). The van der Waals surface area contributed by atoms with Crippen LogP contribution in [0.3, 0.4) is 0 Å². The van der Waals surface area contributed by atoms with Gasteiger partial charge in [-0.3, -0.25) is 19.5 Å². The average Bonchev–Trinajstić information content (AvgIpc) is 3.43. The highest BCUT2D eigenvalue weighted by Gasteiger charge is 2.30. The van der Waals surface area contributed by atoms with E-state index in [4.69, 9.17) is 4.74 Å². The highest BCUT2D eigenvalue weighted by Crippen LogP contribution is 2.29. The number of ether oxygens (including phenoxy) is 1. The molecule has 3 heterocycles. The molecule has 0 fully saturated rings. The Balaban J connectivity index is 1.47. The molecular formula is C22H25N5O4S. The normalized spacial score (nSPS) is 14.2. The van der Waals surface area contributed by atoms with Crippen molar-refractivity contribution >= 4 is 40.0 Å². The summed E-state index contributed by atoms with van der Waals surface area (Å²) in [5.74, 6) is -0.598. The molecule has 2 aromatic heterocycles. The molecule has 0 bridgehead atoms. The Morgan fingerprint density at radius 3 is 2.88 bits per heavy atom. The Bertz CT molecular complexity index is 1170. The van der Waals surface area contributed by atoms with E-state index >= 15 is 0 Å². The van der Waals surface area contributed by atoms with E-state index in [1.807, 2.05) is 6.07 Å². The summed E-state index contributed by atoms with van der Waals surface area (Å²) in [6.45, 7) is 0.997. The molecule has 0 aliphatic carbocycles. The van der Waals surface area contributed by atoms with Gasteiger partial charge in [0.25, 0.3) is 11.8 Å². The number of benzene rings is 1. The van der Waals surface area contributed by atoms with Crippen LogP contribution in [0.1, 0.15) is 30.5 Å². The summed E-state index contributed by atoms with van der Waals surface area (Å²) in [5.41, 5.74) is 2.25. The fourth-order valence-corrected chi connectivity index (χ4v) is 4.92. The molecule has 0 unspecified atom stereocenters. The van der Waals surface area contributed by atoms with Crippen LogP contribution in [-0.4, -0.2) is 78.1 Å². The third-order valence-corrected chi connectivity index (χ3v) is 6.66. The summed E-state index contributed by atoms with van der Waals surface area (Å²) in [7, 11) is 4.94. The van der Waals surface area contributed by atoms with Gasteiger partial charge in [-0.05, 0) is 36.2 Å². The predicted octanol–water partition coefficient (Wildman–Crippen LogP) is 1.66. The van der Waals surface area contributed by atoms with Crippen LogP contribution in [0.25, 0.3) is 10.9 Å². The first-order valence-corrected chi connectivity index (χ1v) is 11.0. The lowest BCUT2D eigenvalue weighted by Crippen LogP contribution is -2.51. The van der Waals surface area contributed by atoms with Crippen LogP contribution in [0.15, 0.2) is 30.5 Å². The van der Waals surface area contributed by atoms with E-state index in [-0.39, 0.29) is 24.3 Å². The lowest BCUT2D eigenvalue weighted by Gasteiger charge is -2.30. The van der Waals surface area contributed by atoms with E-state index < -0.39 is 6.04 Å². The molecule has 168 valence electrons. The van der Waals surface area contributed by atoms with E-state index in [0.29, 0.717) is 30.0 Å². The Kier molecular flexibility index (Phi) is 6.24. The van der Waals surface area contributed by atoms with Crippen LogP contribution in [-0.2, 0) is 22.5 Å². The number of methoxy groups -OCH3 is 1. The molecule has 0 radical (unpaired) electrons. The van der Waals surface area contributed by atoms with Crippen molar-refractivity contribution in [1.82, 2.24) is 25.3 Å². The van der Waals surface area contributed by atoms with E-state index in [2.05, 4.69) is 15.5 Å². The standard InChI is InChI=1S/C22H25N5O4S/c1-26(2)22(30)19-9-15-11-27(7-6-18(15)32-19)21(29)17(12-31-3)24-20(28)13-4-5-16-14(8-13)10-23-25-16/h4-5,8-10,17H,6-7,11-12H2,1-3H3,(H,23,25)(H,24,28)/t17-/m1/s1. The smallest absolute Gasteiger partial charge is 0.263 e. The predicted molar refractivity (Wildman–Crippen MR) is 121 cm³/mol. The number of hydrogen-bond acceptors (Lipinski definition) is 6. The Hall–Kier alpha value is -3.24. The average molecular weight is 456 g/mol. The van der Waals surface area contributed by atoms with Gasteiger partial charge in [-0.15, -0.1) is 11.3 Å². The van der Waals surface area contributed by atoms with Crippen molar-refractivity contribution in [3.63, 3.8) is 0 Å². The van der Waals surface area contributed by atoms with Gasteiger partial charge in [-0.1, -0.05) is 0 Å². The molecule has 0 saturated carbocycles. The van der Waals surface area contributed by atoms with Crippen molar-refractivity contribution in [2.24, 2.45) is 0 Å². The first-order valence-electron chi connectivity index (χ1n) is 10.2. The van der Waals surface area contributed by atoms with E-state index in [1.54, 1.807) is 48.3 Å². The molecule has 1 aliphatic heterocycles. The maximum absolute atomic E-state index is 13.2. The quantitative estimate of drug-likeness (QED) is 0.588. The van der Waals surface area contributed by atoms with Crippen molar-refractivity contribution in [3.05, 3.63) is 51.3 Å². The number of nitrogens with zero attached hydrogens (tertiary/aromatic N) is 3. The van der Waals surface area contributed by atoms with E-state index in [0.717, 1.165) is 21.3 Å². The van der Waals surface area contributed by atoms with Gasteiger partial charge in [0.15, 0.2) is 0 Å². The van der Waals surface area contributed by atoms with Crippen LogP contribution >= 0.6 is 11.3 Å². The second kappa shape index (κ2) is 9.09.